The molecule has 0 aromatic heterocycles. The molecular weight excluding hydrogens is 176 g/mol. The van der Waals surface area contributed by atoms with Crippen LogP contribution in [0.4, 0.5) is 0 Å². The number of hydroxylamine groups is 1. The largest absolute Gasteiger partial charge is 0.623 e. The van der Waals surface area contributed by atoms with E-state index in [-0.39, 0.29) is 0 Å². The van der Waals surface area contributed by atoms with Gasteiger partial charge >= 0.3 is 0 Å². The zero-order valence-corrected chi connectivity index (χ0v) is 8.27. The van der Waals surface area contributed by atoms with Gasteiger partial charge in [0.25, 0.3) is 5.54 Å². The molecule has 0 aliphatic carbocycles. The van der Waals surface area contributed by atoms with Gasteiger partial charge in [-0.25, -0.2) is 0 Å². The van der Waals surface area contributed by atoms with E-state index in [4.69, 9.17) is 5.26 Å². The first-order chi connectivity index (χ1) is 6.56. The van der Waals surface area contributed by atoms with Crippen LogP contribution >= 0.6 is 0 Å². The Morgan fingerprint density at radius 3 is 2.43 bits per heavy atom. The van der Waals surface area contributed by atoms with Gasteiger partial charge in [-0.1, -0.05) is 18.2 Å². The molecule has 14 heavy (non-hydrogen) atoms. The Hall–Kier alpha value is -1.82. The molecule has 0 spiro atoms. The smallest absolute Gasteiger partial charge is 0.252 e. The summed E-state index contributed by atoms with van der Waals surface area (Å²) in [6, 6.07) is 11.1. The number of rotatable bonds is 2. The Balaban J connectivity index is 2.97. The summed E-state index contributed by atoms with van der Waals surface area (Å²) in [4.78, 5) is 0. The summed E-state index contributed by atoms with van der Waals surface area (Å²) in [5.74, 6) is 0. The standard InChI is InChI=1S/C11H12N2O/c1-11(2,9-12)13(14)8-10-6-4-3-5-7-10/h3-8H,1-2H3. The highest BCUT2D eigenvalue weighted by Crippen LogP contribution is 2.06. The average molecular weight is 188 g/mol. The summed E-state index contributed by atoms with van der Waals surface area (Å²) < 4.78 is 0.669. The Morgan fingerprint density at radius 1 is 1.36 bits per heavy atom. The molecule has 1 aromatic rings. The Morgan fingerprint density at radius 2 is 1.93 bits per heavy atom. The highest BCUT2D eigenvalue weighted by atomic mass is 16.5. The van der Waals surface area contributed by atoms with Gasteiger partial charge in [0.15, 0.2) is 6.21 Å². The van der Waals surface area contributed by atoms with Gasteiger partial charge in [0.1, 0.15) is 6.07 Å². The third-order valence-electron chi connectivity index (χ3n) is 1.89. The molecule has 0 saturated carbocycles. The topological polar surface area (TPSA) is 49.9 Å². The molecule has 0 fully saturated rings. The van der Waals surface area contributed by atoms with Crippen molar-refractivity contribution in [1.29, 1.82) is 5.26 Å². The zero-order chi connectivity index (χ0) is 10.6. The molecule has 0 atom stereocenters. The van der Waals surface area contributed by atoms with Crippen LogP contribution in [0.1, 0.15) is 19.4 Å². The van der Waals surface area contributed by atoms with Gasteiger partial charge in [-0.05, 0) is 12.1 Å². The summed E-state index contributed by atoms with van der Waals surface area (Å²) in [5, 5.41) is 20.2. The van der Waals surface area contributed by atoms with Crippen molar-refractivity contribution in [2.75, 3.05) is 0 Å². The van der Waals surface area contributed by atoms with E-state index in [1.807, 2.05) is 36.4 Å². The number of hydrogen-bond donors (Lipinski definition) is 0. The second-order valence-corrected chi connectivity index (χ2v) is 3.54. The minimum atomic E-state index is -1.02. The summed E-state index contributed by atoms with van der Waals surface area (Å²) in [6.45, 7) is 3.17. The van der Waals surface area contributed by atoms with Crippen LogP contribution in [0.5, 0.6) is 0 Å². The van der Waals surface area contributed by atoms with E-state index in [9.17, 15) is 5.21 Å². The molecule has 0 amide bonds. The monoisotopic (exact) mass is 188 g/mol. The van der Waals surface area contributed by atoms with Gasteiger partial charge in [0.2, 0.25) is 0 Å². The van der Waals surface area contributed by atoms with Crippen molar-refractivity contribution in [3.8, 4) is 6.07 Å². The predicted octanol–water partition coefficient (Wildman–Crippen LogP) is 1.92. The van der Waals surface area contributed by atoms with E-state index in [0.29, 0.717) is 4.74 Å². The normalized spacial score (nSPS) is 12.2. The van der Waals surface area contributed by atoms with Gasteiger partial charge in [0.05, 0.1) is 0 Å². The molecule has 0 heterocycles. The van der Waals surface area contributed by atoms with E-state index in [0.717, 1.165) is 5.56 Å². The highest BCUT2D eigenvalue weighted by molar-refractivity contribution is 5.75. The van der Waals surface area contributed by atoms with Crippen molar-refractivity contribution in [3.63, 3.8) is 0 Å². The fourth-order valence-corrected chi connectivity index (χ4v) is 0.885. The number of nitriles is 1. The molecule has 1 rings (SSSR count). The van der Waals surface area contributed by atoms with Crippen LogP contribution in [0, 0.1) is 16.5 Å². The molecule has 3 heteroatoms. The van der Waals surface area contributed by atoms with Crippen molar-refractivity contribution in [1.82, 2.24) is 0 Å². The van der Waals surface area contributed by atoms with E-state index in [2.05, 4.69) is 0 Å². The molecule has 3 nitrogen and oxygen atoms in total. The van der Waals surface area contributed by atoms with Gasteiger partial charge in [-0.2, -0.15) is 10.0 Å². The van der Waals surface area contributed by atoms with Crippen molar-refractivity contribution < 1.29 is 4.74 Å². The lowest BCUT2D eigenvalue weighted by atomic mass is 10.1. The second kappa shape index (κ2) is 3.93. The van der Waals surface area contributed by atoms with Gasteiger partial charge in [-0.3, -0.25) is 0 Å². The summed E-state index contributed by atoms with van der Waals surface area (Å²) in [6.07, 6.45) is 1.42. The van der Waals surface area contributed by atoms with E-state index >= 15 is 0 Å². The summed E-state index contributed by atoms with van der Waals surface area (Å²) in [7, 11) is 0. The van der Waals surface area contributed by atoms with Crippen LogP contribution in [0.2, 0.25) is 0 Å². The summed E-state index contributed by atoms with van der Waals surface area (Å²) in [5.41, 5.74) is -0.221. The predicted molar refractivity (Wildman–Crippen MR) is 54.9 cm³/mol. The van der Waals surface area contributed by atoms with Crippen LogP contribution in [-0.2, 0) is 0 Å². The molecule has 1 aromatic carbocycles. The molecule has 0 saturated heterocycles. The number of benzene rings is 1. The van der Waals surface area contributed by atoms with Crippen LogP contribution in [0.15, 0.2) is 30.3 Å². The van der Waals surface area contributed by atoms with E-state index < -0.39 is 5.54 Å². The minimum absolute atomic E-state index is 0.669. The molecule has 0 unspecified atom stereocenters. The first-order valence-electron chi connectivity index (χ1n) is 4.34. The van der Waals surface area contributed by atoms with Crippen LogP contribution in [0.25, 0.3) is 0 Å². The minimum Gasteiger partial charge on any atom is -0.623 e. The number of hydrogen-bond acceptors (Lipinski definition) is 2. The van der Waals surface area contributed by atoms with Crippen molar-refractivity contribution in [2.45, 2.75) is 19.4 Å². The molecule has 0 aliphatic heterocycles. The quantitative estimate of drug-likeness (QED) is 0.308. The van der Waals surface area contributed by atoms with Gasteiger partial charge in [0, 0.05) is 19.4 Å². The molecule has 0 aliphatic rings. The van der Waals surface area contributed by atoms with Gasteiger partial charge < -0.3 is 5.21 Å². The fourth-order valence-electron chi connectivity index (χ4n) is 0.885. The van der Waals surface area contributed by atoms with Crippen molar-refractivity contribution >= 4 is 6.21 Å². The highest BCUT2D eigenvalue weighted by Gasteiger charge is 2.24. The molecule has 0 N–H and O–H groups in total. The third kappa shape index (κ3) is 2.33. The lowest BCUT2D eigenvalue weighted by molar-refractivity contribution is -0.517. The van der Waals surface area contributed by atoms with E-state index in [1.54, 1.807) is 13.8 Å². The lowest BCUT2D eigenvalue weighted by Crippen LogP contribution is -2.31. The maximum atomic E-state index is 11.5. The maximum Gasteiger partial charge on any atom is 0.252 e. The Labute approximate surface area is 83.5 Å². The zero-order valence-electron chi connectivity index (χ0n) is 8.27. The van der Waals surface area contributed by atoms with E-state index in [1.165, 1.54) is 6.21 Å². The third-order valence-corrected chi connectivity index (χ3v) is 1.89. The second-order valence-electron chi connectivity index (χ2n) is 3.54. The molecular formula is C11H12N2O. The van der Waals surface area contributed by atoms with Gasteiger partial charge in [-0.15, -0.1) is 0 Å². The average Bonchev–Trinajstić information content (AvgIpc) is 2.19. The first kappa shape index (κ1) is 10.3. The Bertz CT molecular complexity index is 374. The first-order valence-corrected chi connectivity index (χ1v) is 4.34. The lowest BCUT2D eigenvalue weighted by Gasteiger charge is -2.15. The van der Waals surface area contributed by atoms with Crippen molar-refractivity contribution in [3.05, 3.63) is 41.1 Å². The SMILES string of the molecule is CC(C)(C#N)[N+]([O-])=Cc1ccccc1. The van der Waals surface area contributed by atoms with Crippen LogP contribution < -0.4 is 0 Å². The van der Waals surface area contributed by atoms with Crippen LogP contribution in [-0.4, -0.2) is 16.5 Å². The molecule has 0 bridgehead atoms. The van der Waals surface area contributed by atoms with Crippen molar-refractivity contribution in [2.24, 2.45) is 0 Å². The summed E-state index contributed by atoms with van der Waals surface area (Å²) >= 11 is 0. The Kier molecular flexibility index (Phi) is 2.88. The molecule has 72 valence electrons. The maximum absolute atomic E-state index is 11.5. The van der Waals surface area contributed by atoms with Crippen LogP contribution in [0.3, 0.4) is 0 Å². The molecule has 0 radical (unpaired) electrons. The number of nitrogens with zero attached hydrogens (tertiary/aromatic N) is 2. The fraction of sp³-hybridized carbons (Fsp3) is 0.273.